The minimum absolute atomic E-state index is 0.0301. The Labute approximate surface area is 138 Å². The van der Waals surface area contributed by atoms with E-state index < -0.39 is 0 Å². The second-order valence-electron chi connectivity index (χ2n) is 5.26. The van der Waals surface area contributed by atoms with Crippen LogP contribution < -0.4 is 5.32 Å². The molecule has 0 bridgehead atoms. The molecular weight excluding hydrogens is 312 g/mol. The van der Waals surface area contributed by atoms with E-state index in [4.69, 9.17) is 4.74 Å². The summed E-state index contributed by atoms with van der Waals surface area (Å²) >= 11 is 1.42. The minimum Gasteiger partial charge on any atom is -0.378 e. The van der Waals surface area contributed by atoms with Gasteiger partial charge in [0.1, 0.15) is 0 Å². The standard InChI is InChI=1S/C17H18N2O3S/c20-16(15-2-1-11-23-15)18-12-13-3-5-14(6-4-13)17(21)19-7-9-22-10-8-19/h1-6,11H,7-10,12H2,(H,18,20). The van der Waals surface area contributed by atoms with Crippen LogP contribution in [0.5, 0.6) is 0 Å². The predicted octanol–water partition coefficient (Wildman–Crippen LogP) is 2.15. The summed E-state index contributed by atoms with van der Waals surface area (Å²) in [7, 11) is 0. The van der Waals surface area contributed by atoms with E-state index >= 15 is 0 Å². The molecule has 0 unspecified atom stereocenters. The highest BCUT2D eigenvalue weighted by Gasteiger charge is 2.18. The number of hydrogen-bond donors (Lipinski definition) is 1. The van der Waals surface area contributed by atoms with E-state index in [0.717, 1.165) is 5.56 Å². The van der Waals surface area contributed by atoms with Gasteiger partial charge in [-0.15, -0.1) is 11.3 Å². The van der Waals surface area contributed by atoms with Gasteiger partial charge in [0, 0.05) is 25.2 Å². The fourth-order valence-corrected chi connectivity index (χ4v) is 3.03. The molecule has 5 nitrogen and oxygen atoms in total. The second-order valence-corrected chi connectivity index (χ2v) is 6.21. The maximum atomic E-state index is 12.3. The number of carbonyl (C=O) groups excluding carboxylic acids is 2. The van der Waals surface area contributed by atoms with Crippen molar-refractivity contribution in [1.82, 2.24) is 10.2 Å². The lowest BCUT2D eigenvalue weighted by Crippen LogP contribution is -2.40. The molecule has 2 amide bonds. The molecule has 0 aliphatic carbocycles. The Morgan fingerprint density at radius 1 is 1.13 bits per heavy atom. The summed E-state index contributed by atoms with van der Waals surface area (Å²) in [5.41, 5.74) is 1.63. The number of morpholine rings is 1. The van der Waals surface area contributed by atoms with Crippen LogP contribution in [0.1, 0.15) is 25.6 Å². The highest BCUT2D eigenvalue weighted by molar-refractivity contribution is 7.12. The summed E-state index contributed by atoms with van der Waals surface area (Å²) in [5, 5.41) is 4.75. The minimum atomic E-state index is -0.0755. The predicted molar refractivity (Wildman–Crippen MR) is 88.7 cm³/mol. The summed E-state index contributed by atoms with van der Waals surface area (Å²) in [4.78, 5) is 26.7. The van der Waals surface area contributed by atoms with Crippen LogP contribution in [0.4, 0.5) is 0 Å². The maximum Gasteiger partial charge on any atom is 0.261 e. The third-order valence-corrected chi connectivity index (χ3v) is 4.57. The van der Waals surface area contributed by atoms with E-state index in [-0.39, 0.29) is 11.8 Å². The van der Waals surface area contributed by atoms with Crippen molar-refractivity contribution >= 4 is 23.2 Å². The molecule has 1 aromatic carbocycles. The van der Waals surface area contributed by atoms with Gasteiger partial charge in [0.15, 0.2) is 0 Å². The number of thiophene rings is 1. The Morgan fingerprint density at radius 2 is 1.87 bits per heavy atom. The van der Waals surface area contributed by atoms with E-state index in [1.165, 1.54) is 11.3 Å². The molecule has 6 heteroatoms. The highest BCUT2D eigenvalue weighted by atomic mass is 32.1. The van der Waals surface area contributed by atoms with Crippen molar-refractivity contribution in [3.8, 4) is 0 Å². The van der Waals surface area contributed by atoms with Gasteiger partial charge in [-0.25, -0.2) is 0 Å². The first kappa shape index (κ1) is 15.7. The zero-order valence-corrected chi connectivity index (χ0v) is 13.5. The first-order valence-electron chi connectivity index (χ1n) is 7.52. The van der Waals surface area contributed by atoms with Gasteiger partial charge in [0.2, 0.25) is 0 Å². The van der Waals surface area contributed by atoms with Crippen LogP contribution in [0, 0.1) is 0 Å². The Balaban J connectivity index is 1.56. The molecule has 2 heterocycles. The lowest BCUT2D eigenvalue weighted by atomic mass is 10.1. The van der Waals surface area contributed by atoms with E-state index in [1.807, 2.05) is 35.7 Å². The third-order valence-electron chi connectivity index (χ3n) is 3.70. The number of ether oxygens (including phenoxy) is 1. The number of nitrogens with zero attached hydrogens (tertiary/aromatic N) is 1. The Morgan fingerprint density at radius 3 is 2.52 bits per heavy atom. The number of hydrogen-bond acceptors (Lipinski definition) is 4. The normalized spacial score (nSPS) is 14.5. The average Bonchev–Trinajstić information content (AvgIpc) is 3.15. The van der Waals surface area contributed by atoms with E-state index in [0.29, 0.717) is 43.3 Å². The second kappa shape index (κ2) is 7.39. The van der Waals surface area contributed by atoms with Crippen LogP contribution in [-0.4, -0.2) is 43.0 Å². The molecule has 0 radical (unpaired) electrons. The fourth-order valence-electron chi connectivity index (χ4n) is 2.39. The van der Waals surface area contributed by atoms with Gasteiger partial charge in [-0.2, -0.15) is 0 Å². The van der Waals surface area contributed by atoms with Crippen LogP contribution in [0.15, 0.2) is 41.8 Å². The first-order chi connectivity index (χ1) is 11.2. The molecule has 1 aliphatic rings. The molecule has 1 saturated heterocycles. The Bertz CT molecular complexity index is 662. The third kappa shape index (κ3) is 3.97. The smallest absolute Gasteiger partial charge is 0.261 e. The summed E-state index contributed by atoms with van der Waals surface area (Å²) in [6.07, 6.45) is 0. The summed E-state index contributed by atoms with van der Waals surface area (Å²) in [6.45, 7) is 2.91. The van der Waals surface area contributed by atoms with Gasteiger partial charge in [-0.1, -0.05) is 18.2 Å². The fraction of sp³-hybridized carbons (Fsp3) is 0.294. The number of amides is 2. The van der Waals surface area contributed by atoms with Gasteiger partial charge in [0.25, 0.3) is 11.8 Å². The van der Waals surface area contributed by atoms with Gasteiger partial charge in [-0.05, 0) is 29.1 Å². The lowest BCUT2D eigenvalue weighted by molar-refractivity contribution is 0.0303. The molecule has 1 aliphatic heterocycles. The van der Waals surface area contributed by atoms with Crippen LogP contribution in [0.25, 0.3) is 0 Å². The van der Waals surface area contributed by atoms with Crippen LogP contribution in [0.2, 0.25) is 0 Å². The highest BCUT2D eigenvalue weighted by Crippen LogP contribution is 2.11. The molecule has 0 atom stereocenters. The number of nitrogens with one attached hydrogen (secondary N) is 1. The Kier molecular flexibility index (Phi) is 5.05. The molecule has 2 aromatic rings. The topological polar surface area (TPSA) is 58.6 Å². The van der Waals surface area contributed by atoms with Crippen LogP contribution in [0.3, 0.4) is 0 Å². The quantitative estimate of drug-likeness (QED) is 0.934. The van der Waals surface area contributed by atoms with Crippen molar-refractivity contribution in [2.75, 3.05) is 26.3 Å². The molecule has 0 spiro atoms. The average molecular weight is 330 g/mol. The molecule has 3 rings (SSSR count). The van der Waals surface area contributed by atoms with Crippen molar-refractivity contribution < 1.29 is 14.3 Å². The van der Waals surface area contributed by atoms with Crippen LogP contribution in [-0.2, 0) is 11.3 Å². The van der Waals surface area contributed by atoms with Gasteiger partial charge >= 0.3 is 0 Å². The number of benzene rings is 1. The summed E-state index contributed by atoms with van der Waals surface area (Å²) in [6, 6.07) is 11.0. The molecule has 0 saturated carbocycles. The zero-order chi connectivity index (χ0) is 16.1. The van der Waals surface area contributed by atoms with Gasteiger partial charge in [-0.3, -0.25) is 9.59 Å². The monoisotopic (exact) mass is 330 g/mol. The SMILES string of the molecule is O=C(NCc1ccc(C(=O)N2CCOCC2)cc1)c1cccs1. The lowest BCUT2D eigenvalue weighted by Gasteiger charge is -2.26. The Hall–Kier alpha value is -2.18. The van der Waals surface area contributed by atoms with Gasteiger partial charge < -0.3 is 15.0 Å². The molecule has 1 N–H and O–H groups in total. The zero-order valence-electron chi connectivity index (χ0n) is 12.7. The van der Waals surface area contributed by atoms with Crippen molar-refractivity contribution in [2.24, 2.45) is 0 Å². The van der Waals surface area contributed by atoms with E-state index in [2.05, 4.69) is 5.32 Å². The van der Waals surface area contributed by atoms with Gasteiger partial charge in [0.05, 0.1) is 18.1 Å². The molecule has 120 valence electrons. The van der Waals surface area contributed by atoms with Crippen LogP contribution >= 0.6 is 11.3 Å². The molecule has 23 heavy (non-hydrogen) atoms. The van der Waals surface area contributed by atoms with Crippen molar-refractivity contribution in [1.29, 1.82) is 0 Å². The van der Waals surface area contributed by atoms with Crippen molar-refractivity contribution in [2.45, 2.75) is 6.54 Å². The molecule has 1 aromatic heterocycles. The van der Waals surface area contributed by atoms with Crippen molar-refractivity contribution in [3.05, 3.63) is 57.8 Å². The first-order valence-corrected chi connectivity index (χ1v) is 8.39. The maximum absolute atomic E-state index is 12.3. The largest absolute Gasteiger partial charge is 0.378 e. The summed E-state index contributed by atoms with van der Waals surface area (Å²) in [5.74, 6) is -0.0454. The number of carbonyl (C=O) groups is 2. The molecule has 1 fully saturated rings. The molecular formula is C17H18N2O3S. The van der Waals surface area contributed by atoms with Crippen molar-refractivity contribution in [3.63, 3.8) is 0 Å². The van der Waals surface area contributed by atoms with E-state index in [1.54, 1.807) is 11.0 Å². The van der Waals surface area contributed by atoms with E-state index in [9.17, 15) is 9.59 Å². The number of rotatable bonds is 4. The summed E-state index contributed by atoms with van der Waals surface area (Å²) < 4.78 is 5.26.